The molecule has 0 saturated carbocycles. The van der Waals surface area contributed by atoms with Gasteiger partial charge in [0.2, 0.25) is 0 Å². The van der Waals surface area contributed by atoms with E-state index in [2.05, 4.69) is 154 Å². The van der Waals surface area contributed by atoms with E-state index < -0.39 is 0 Å². The first-order valence-corrected chi connectivity index (χ1v) is 15.9. The van der Waals surface area contributed by atoms with Crippen molar-refractivity contribution in [3.05, 3.63) is 175 Å². The lowest BCUT2D eigenvalue weighted by atomic mass is 9.90. The number of aromatic nitrogens is 2. The van der Waals surface area contributed by atoms with E-state index >= 15 is 0 Å². The summed E-state index contributed by atoms with van der Waals surface area (Å²) in [5.74, 6) is 0. The third-order valence-corrected chi connectivity index (χ3v) is 9.41. The third-order valence-electron chi connectivity index (χ3n) is 9.41. The Morgan fingerprint density at radius 1 is 0.438 bits per heavy atom. The van der Waals surface area contributed by atoms with Crippen molar-refractivity contribution in [2.24, 2.45) is 0 Å². The number of para-hydroxylation sites is 4. The van der Waals surface area contributed by atoms with Crippen molar-refractivity contribution < 1.29 is 0 Å². The quantitative estimate of drug-likeness (QED) is 0.183. The Morgan fingerprint density at radius 3 is 1.50 bits per heavy atom. The summed E-state index contributed by atoms with van der Waals surface area (Å²) in [6.07, 6.45) is 0. The summed E-state index contributed by atoms with van der Waals surface area (Å²) < 4.78 is 4.49. The molecule has 0 atom stereocenters. The van der Waals surface area contributed by atoms with E-state index in [-0.39, 0.29) is 0 Å². The minimum Gasteiger partial charge on any atom is -0.310 e. The smallest absolute Gasteiger partial charge is 0.189 e. The molecule has 2 heterocycles. The summed E-state index contributed by atoms with van der Waals surface area (Å²) in [6.45, 7) is 7.71. The first-order valence-electron chi connectivity index (χ1n) is 15.9. The van der Waals surface area contributed by atoms with E-state index in [1.807, 2.05) is 24.3 Å². The Labute approximate surface area is 277 Å². The summed E-state index contributed by atoms with van der Waals surface area (Å²) >= 11 is 0. The molecule has 2 aromatic heterocycles. The molecule has 0 unspecified atom stereocenters. The zero-order valence-corrected chi connectivity index (χ0v) is 25.8. The Morgan fingerprint density at radius 2 is 0.896 bits per heavy atom. The van der Waals surface area contributed by atoms with Crippen molar-refractivity contribution in [1.29, 1.82) is 5.26 Å². The second kappa shape index (κ2) is 10.9. The van der Waals surface area contributed by atoms with Crippen LogP contribution in [-0.2, 0) is 0 Å². The van der Waals surface area contributed by atoms with E-state index in [4.69, 9.17) is 6.57 Å². The van der Waals surface area contributed by atoms with Gasteiger partial charge >= 0.3 is 0 Å². The zero-order valence-electron chi connectivity index (χ0n) is 25.8. The van der Waals surface area contributed by atoms with Gasteiger partial charge in [-0.05, 0) is 47.5 Å². The molecule has 0 bridgehead atoms. The largest absolute Gasteiger partial charge is 0.310 e. The lowest BCUT2D eigenvalue weighted by molar-refractivity contribution is 1.17. The molecule has 0 aliphatic carbocycles. The average molecular weight is 611 g/mol. The van der Waals surface area contributed by atoms with E-state index in [1.165, 1.54) is 0 Å². The number of hydrogen-bond donors (Lipinski definition) is 0. The maximum atomic E-state index is 10.9. The third kappa shape index (κ3) is 4.01. The number of fused-ring (bicyclic) bond motifs is 6. The fraction of sp³-hybridized carbons (Fsp3) is 0. The molecule has 0 amide bonds. The molecule has 7 aromatic carbocycles. The van der Waals surface area contributed by atoms with Crippen LogP contribution in [0.4, 0.5) is 5.69 Å². The Bertz CT molecular complexity index is 2760. The fourth-order valence-electron chi connectivity index (χ4n) is 7.39. The lowest BCUT2D eigenvalue weighted by Gasteiger charge is -2.19. The van der Waals surface area contributed by atoms with Gasteiger partial charge in [-0.2, -0.15) is 5.26 Å². The maximum absolute atomic E-state index is 10.9. The van der Waals surface area contributed by atoms with Gasteiger partial charge in [0, 0.05) is 38.2 Å². The van der Waals surface area contributed by atoms with Crippen LogP contribution in [0.15, 0.2) is 158 Å². The minimum atomic E-state index is 0.602. The normalized spacial score (nSPS) is 11.3. The maximum Gasteiger partial charge on any atom is 0.189 e. The second-order valence-corrected chi connectivity index (χ2v) is 11.9. The Hall–Kier alpha value is -6.88. The molecule has 4 nitrogen and oxygen atoms in total. The van der Waals surface area contributed by atoms with E-state index in [0.717, 1.165) is 77.2 Å². The van der Waals surface area contributed by atoms with E-state index in [9.17, 15) is 5.26 Å². The molecule has 0 spiro atoms. The fourth-order valence-corrected chi connectivity index (χ4v) is 7.39. The zero-order chi connectivity index (χ0) is 32.2. The predicted molar refractivity (Wildman–Crippen MR) is 197 cm³/mol. The topological polar surface area (TPSA) is 38.0 Å². The SMILES string of the molecule is [C-]#[N+]c1ccc2c3ccccc3n(-c3ccccc3-c3ccccc3-c3cccc(-n4c5ccccc5c5ccccc54)c3C#N)c2c1. The number of rotatable bonds is 4. The van der Waals surface area contributed by atoms with Crippen molar-refractivity contribution in [2.75, 3.05) is 0 Å². The van der Waals surface area contributed by atoms with Crippen LogP contribution in [0.2, 0.25) is 0 Å². The molecule has 48 heavy (non-hydrogen) atoms. The molecule has 4 heteroatoms. The molecule has 0 saturated heterocycles. The molecule has 0 N–H and O–H groups in total. The molecule has 9 aromatic rings. The van der Waals surface area contributed by atoms with Crippen LogP contribution in [-0.4, -0.2) is 9.13 Å². The number of nitrogens with zero attached hydrogens (tertiary/aromatic N) is 4. The number of hydrogen-bond acceptors (Lipinski definition) is 1. The van der Waals surface area contributed by atoms with Crippen molar-refractivity contribution in [3.63, 3.8) is 0 Å². The first kappa shape index (κ1) is 27.4. The van der Waals surface area contributed by atoms with Gasteiger partial charge in [-0.3, -0.25) is 0 Å². The van der Waals surface area contributed by atoms with Crippen LogP contribution in [0.1, 0.15) is 5.56 Å². The van der Waals surface area contributed by atoms with Crippen LogP contribution in [0.5, 0.6) is 0 Å². The van der Waals surface area contributed by atoms with Crippen LogP contribution in [0.25, 0.3) is 82.1 Å². The van der Waals surface area contributed by atoms with Crippen molar-refractivity contribution in [2.45, 2.75) is 0 Å². The highest BCUT2D eigenvalue weighted by molar-refractivity contribution is 6.11. The van der Waals surface area contributed by atoms with Crippen LogP contribution < -0.4 is 0 Å². The molecule has 0 fully saturated rings. The van der Waals surface area contributed by atoms with E-state index in [1.54, 1.807) is 0 Å². The average Bonchev–Trinajstić information content (AvgIpc) is 3.67. The van der Waals surface area contributed by atoms with Crippen molar-refractivity contribution in [1.82, 2.24) is 9.13 Å². The van der Waals surface area contributed by atoms with Gasteiger partial charge in [-0.15, -0.1) is 0 Å². The molecule has 9 rings (SSSR count). The molecular weight excluding hydrogens is 585 g/mol. The molecule has 0 radical (unpaired) electrons. The number of benzene rings is 7. The first-order chi connectivity index (χ1) is 23.8. The van der Waals surface area contributed by atoms with Gasteiger partial charge in [0.15, 0.2) is 5.69 Å². The molecular formula is C44H26N4. The molecule has 0 aliphatic rings. The second-order valence-electron chi connectivity index (χ2n) is 11.9. The monoisotopic (exact) mass is 610 g/mol. The summed E-state index contributed by atoms with van der Waals surface area (Å²) in [4.78, 5) is 3.75. The van der Waals surface area contributed by atoms with Crippen LogP contribution >= 0.6 is 0 Å². The summed E-state index contributed by atoms with van der Waals surface area (Å²) in [7, 11) is 0. The minimum absolute atomic E-state index is 0.602. The van der Waals surface area contributed by atoms with Gasteiger partial charge in [0.25, 0.3) is 0 Å². The van der Waals surface area contributed by atoms with Crippen LogP contribution in [0.3, 0.4) is 0 Å². The highest BCUT2D eigenvalue weighted by Crippen LogP contribution is 2.42. The highest BCUT2D eigenvalue weighted by atomic mass is 15.0. The van der Waals surface area contributed by atoms with Gasteiger partial charge in [0.1, 0.15) is 6.07 Å². The lowest BCUT2D eigenvalue weighted by Crippen LogP contribution is -2.01. The number of nitriles is 1. The van der Waals surface area contributed by atoms with E-state index in [0.29, 0.717) is 11.3 Å². The Balaban J connectivity index is 1.31. The summed E-state index contributed by atoms with van der Waals surface area (Å²) in [5.41, 5.74) is 11.2. The standard InChI is InChI=1S/C44H26N4/c1-46-29-25-26-37-36-18-7-11-23-42(36)48(44(37)27-29)39-20-8-4-15-33(39)31-14-3-2-13-30(31)32-19-12-24-43(38(32)28-45)47-40-21-9-5-16-34(40)35-17-6-10-22-41(35)47/h2-27H. The van der Waals surface area contributed by atoms with Gasteiger partial charge in [-0.1, -0.05) is 121 Å². The summed E-state index contributed by atoms with van der Waals surface area (Å²) in [5, 5.41) is 15.4. The van der Waals surface area contributed by atoms with Gasteiger partial charge < -0.3 is 9.13 Å². The molecule has 0 aliphatic heterocycles. The van der Waals surface area contributed by atoms with Crippen LogP contribution in [0, 0.1) is 17.9 Å². The van der Waals surface area contributed by atoms with Gasteiger partial charge in [-0.25, -0.2) is 4.85 Å². The molecule has 222 valence electrons. The van der Waals surface area contributed by atoms with Crippen molar-refractivity contribution in [3.8, 4) is 39.7 Å². The van der Waals surface area contributed by atoms with Gasteiger partial charge in [0.05, 0.1) is 40.1 Å². The van der Waals surface area contributed by atoms with Crippen molar-refractivity contribution >= 4 is 49.3 Å². The summed E-state index contributed by atoms with van der Waals surface area (Å²) in [6, 6.07) is 56.6. The predicted octanol–water partition coefficient (Wildman–Crippen LogP) is 11.6. The highest BCUT2D eigenvalue weighted by Gasteiger charge is 2.21. The Kier molecular flexibility index (Phi) is 6.22.